The Bertz CT molecular complexity index is 1010. The van der Waals surface area contributed by atoms with Gasteiger partial charge < -0.3 is 9.47 Å². The first kappa shape index (κ1) is 19.6. The number of benzene rings is 1. The highest BCUT2D eigenvalue weighted by Gasteiger charge is 2.17. The summed E-state index contributed by atoms with van der Waals surface area (Å²) in [6.07, 6.45) is 2.04. The van der Waals surface area contributed by atoms with Gasteiger partial charge in [0.1, 0.15) is 12.4 Å². The summed E-state index contributed by atoms with van der Waals surface area (Å²) >= 11 is 4.88. The molecule has 3 aromatic rings. The first-order valence-corrected chi connectivity index (χ1v) is 10.2. The van der Waals surface area contributed by atoms with Crippen LogP contribution in [0.5, 0.6) is 5.75 Å². The molecule has 142 valence electrons. The zero-order valence-corrected chi connectivity index (χ0v) is 17.8. The summed E-state index contributed by atoms with van der Waals surface area (Å²) in [6.45, 7) is 3.96. The molecule has 7 nitrogen and oxygen atoms in total. The largest absolute Gasteiger partial charge is 0.496 e. The number of halogens is 1. The first-order chi connectivity index (χ1) is 12.9. The number of carbonyl (C=O) groups excluding carboxylic acids is 1. The van der Waals surface area contributed by atoms with Gasteiger partial charge in [-0.25, -0.2) is 9.50 Å². The smallest absolute Gasteiger partial charge is 0.310 e. The van der Waals surface area contributed by atoms with Gasteiger partial charge in [-0.2, -0.15) is 4.98 Å². The molecule has 9 heteroatoms. The number of ether oxygens (including phenoxy) is 2. The zero-order valence-electron chi connectivity index (χ0n) is 15.4. The lowest BCUT2D eigenvalue weighted by molar-refractivity contribution is -0.144. The van der Waals surface area contributed by atoms with Crippen molar-refractivity contribution in [3.63, 3.8) is 0 Å². The summed E-state index contributed by atoms with van der Waals surface area (Å²) < 4.78 is 13.1. The van der Waals surface area contributed by atoms with E-state index in [2.05, 4.69) is 31.0 Å². The summed E-state index contributed by atoms with van der Waals surface area (Å²) in [6, 6.07) is 5.56. The molecule has 0 aliphatic heterocycles. The van der Waals surface area contributed by atoms with Crippen molar-refractivity contribution in [1.82, 2.24) is 19.6 Å². The molecule has 0 spiro atoms. The average Bonchev–Trinajstić information content (AvgIpc) is 3.07. The highest BCUT2D eigenvalue weighted by Crippen LogP contribution is 2.26. The van der Waals surface area contributed by atoms with Crippen molar-refractivity contribution in [3.8, 4) is 5.75 Å². The first-order valence-electron chi connectivity index (χ1n) is 8.17. The maximum absolute atomic E-state index is 12.4. The number of rotatable bonds is 6. The number of aromatic nitrogens is 4. The predicted molar refractivity (Wildman–Crippen MR) is 106 cm³/mol. The van der Waals surface area contributed by atoms with E-state index in [1.54, 1.807) is 11.6 Å². The van der Waals surface area contributed by atoms with Gasteiger partial charge in [-0.1, -0.05) is 17.8 Å². The number of esters is 1. The van der Waals surface area contributed by atoms with Crippen molar-refractivity contribution in [1.29, 1.82) is 0 Å². The lowest BCUT2D eigenvalue weighted by atomic mass is 10.1. The maximum atomic E-state index is 12.4. The van der Waals surface area contributed by atoms with Crippen LogP contribution in [0.3, 0.4) is 0 Å². The van der Waals surface area contributed by atoms with E-state index in [1.807, 2.05) is 38.3 Å². The Morgan fingerprint density at radius 1 is 1.30 bits per heavy atom. The summed E-state index contributed by atoms with van der Waals surface area (Å²) in [5.41, 5.74) is 3.28. The van der Waals surface area contributed by atoms with E-state index in [1.165, 1.54) is 11.8 Å². The number of methoxy groups -OCH3 is 1. The van der Waals surface area contributed by atoms with Crippen LogP contribution in [0.4, 0.5) is 0 Å². The predicted octanol–water partition coefficient (Wildman–Crippen LogP) is 3.52. The molecule has 27 heavy (non-hydrogen) atoms. The molecule has 0 aliphatic carbocycles. The monoisotopic (exact) mass is 450 g/mol. The number of nitrogens with zero attached hydrogens (tertiary/aromatic N) is 4. The summed E-state index contributed by atoms with van der Waals surface area (Å²) in [7, 11) is 1.60. The molecule has 2 aromatic heterocycles. The molecule has 0 fully saturated rings. The van der Waals surface area contributed by atoms with E-state index in [-0.39, 0.29) is 19.0 Å². The molecule has 0 radical (unpaired) electrons. The molecule has 0 N–H and O–H groups in total. The molecule has 0 aliphatic rings. The topological polar surface area (TPSA) is 78.6 Å². The van der Waals surface area contributed by atoms with Crippen LogP contribution in [0.25, 0.3) is 5.78 Å². The number of carbonyl (C=O) groups is 1. The SMILES string of the molecule is COc1ccc(COC(=O)Cc2c(C)nc3nc(SC)nn3c2C)cc1Br. The van der Waals surface area contributed by atoms with E-state index in [0.717, 1.165) is 32.7 Å². The Labute approximate surface area is 169 Å². The molecular weight excluding hydrogens is 432 g/mol. The van der Waals surface area contributed by atoms with E-state index >= 15 is 0 Å². The van der Waals surface area contributed by atoms with Crippen molar-refractivity contribution >= 4 is 39.4 Å². The zero-order chi connectivity index (χ0) is 19.6. The van der Waals surface area contributed by atoms with Gasteiger partial charge in [-0.3, -0.25) is 4.79 Å². The molecule has 0 unspecified atom stereocenters. The van der Waals surface area contributed by atoms with Crippen LogP contribution in [0.2, 0.25) is 0 Å². The molecule has 0 saturated carbocycles. The Kier molecular flexibility index (Phi) is 6.01. The van der Waals surface area contributed by atoms with Gasteiger partial charge >= 0.3 is 5.97 Å². The molecule has 0 atom stereocenters. The Balaban J connectivity index is 1.73. The third-order valence-electron chi connectivity index (χ3n) is 4.15. The second kappa shape index (κ2) is 8.26. The fourth-order valence-electron chi connectivity index (χ4n) is 2.69. The third kappa shape index (κ3) is 4.24. The van der Waals surface area contributed by atoms with Gasteiger partial charge in [0, 0.05) is 17.0 Å². The minimum atomic E-state index is -0.320. The fourth-order valence-corrected chi connectivity index (χ4v) is 3.62. The summed E-state index contributed by atoms with van der Waals surface area (Å²) in [4.78, 5) is 21.2. The van der Waals surface area contributed by atoms with Crippen LogP contribution in [0.1, 0.15) is 22.5 Å². The fraction of sp³-hybridized carbons (Fsp3) is 0.333. The van der Waals surface area contributed by atoms with Gasteiger partial charge in [-0.05, 0) is 53.7 Å². The van der Waals surface area contributed by atoms with Crippen LogP contribution in [0, 0.1) is 13.8 Å². The summed E-state index contributed by atoms with van der Waals surface area (Å²) in [5, 5.41) is 5.04. The second-order valence-electron chi connectivity index (χ2n) is 5.88. The van der Waals surface area contributed by atoms with Crippen molar-refractivity contribution in [2.75, 3.05) is 13.4 Å². The lowest BCUT2D eigenvalue weighted by Gasteiger charge is -2.11. The molecule has 2 heterocycles. The van der Waals surface area contributed by atoms with Gasteiger partial charge in [-0.15, -0.1) is 5.10 Å². The number of hydrogen-bond donors (Lipinski definition) is 0. The van der Waals surface area contributed by atoms with Crippen molar-refractivity contribution in [2.45, 2.75) is 32.0 Å². The molecule has 0 bridgehead atoms. The van der Waals surface area contributed by atoms with Crippen molar-refractivity contribution in [2.24, 2.45) is 0 Å². The Morgan fingerprint density at radius 3 is 2.74 bits per heavy atom. The van der Waals surface area contributed by atoms with Crippen LogP contribution in [0.15, 0.2) is 27.8 Å². The molecular formula is C18H19BrN4O3S. The molecule has 0 amide bonds. The van der Waals surface area contributed by atoms with Gasteiger partial charge in [0.05, 0.1) is 18.0 Å². The highest BCUT2D eigenvalue weighted by atomic mass is 79.9. The lowest BCUT2D eigenvalue weighted by Crippen LogP contribution is -2.13. The number of thioether (sulfide) groups is 1. The van der Waals surface area contributed by atoms with E-state index in [4.69, 9.17) is 9.47 Å². The van der Waals surface area contributed by atoms with Gasteiger partial charge in [0.15, 0.2) is 0 Å². The van der Waals surface area contributed by atoms with E-state index in [0.29, 0.717) is 10.9 Å². The van der Waals surface area contributed by atoms with Gasteiger partial charge in [0.2, 0.25) is 5.16 Å². The quantitative estimate of drug-likeness (QED) is 0.419. The Morgan fingerprint density at radius 2 is 2.07 bits per heavy atom. The number of fused-ring (bicyclic) bond motifs is 1. The third-order valence-corrected chi connectivity index (χ3v) is 5.31. The summed E-state index contributed by atoms with van der Waals surface area (Å²) in [5.74, 6) is 0.946. The standard InChI is InChI=1S/C18H19BrN4O3S/c1-10-13(11(2)23-17(20-10)21-18(22-23)27-4)8-16(24)26-9-12-5-6-15(25-3)14(19)7-12/h5-7H,8-9H2,1-4H3. The minimum absolute atomic E-state index is 0.131. The molecule has 1 aromatic carbocycles. The number of hydrogen-bond acceptors (Lipinski definition) is 7. The molecule has 3 rings (SSSR count). The van der Waals surface area contributed by atoms with Crippen molar-refractivity contribution in [3.05, 3.63) is 45.2 Å². The van der Waals surface area contributed by atoms with Crippen LogP contribution in [-0.2, 0) is 22.6 Å². The van der Waals surface area contributed by atoms with Crippen LogP contribution >= 0.6 is 27.7 Å². The maximum Gasteiger partial charge on any atom is 0.310 e. The van der Waals surface area contributed by atoms with E-state index in [9.17, 15) is 4.79 Å². The second-order valence-corrected chi connectivity index (χ2v) is 7.51. The highest BCUT2D eigenvalue weighted by molar-refractivity contribution is 9.10. The van der Waals surface area contributed by atoms with Crippen LogP contribution in [-0.4, -0.2) is 38.9 Å². The van der Waals surface area contributed by atoms with Gasteiger partial charge in [0.25, 0.3) is 5.78 Å². The van der Waals surface area contributed by atoms with E-state index < -0.39 is 0 Å². The van der Waals surface area contributed by atoms with Crippen LogP contribution < -0.4 is 4.74 Å². The Hall–Kier alpha value is -2.13. The number of aryl methyl sites for hydroxylation is 2. The molecule has 0 saturated heterocycles. The normalized spacial score (nSPS) is 11.0. The van der Waals surface area contributed by atoms with Crippen molar-refractivity contribution < 1.29 is 14.3 Å². The average molecular weight is 451 g/mol. The minimum Gasteiger partial charge on any atom is -0.496 e.